The van der Waals surface area contributed by atoms with Crippen LogP contribution in [0.2, 0.25) is 0 Å². The van der Waals surface area contributed by atoms with Gasteiger partial charge in [0, 0.05) is 64.2 Å². The number of furan rings is 1. The molecule has 4 fully saturated rings. The van der Waals surface area contributed by atoms with Gasteiger partial charge in [0.1, 0.15) is 0 Å². The topological polar surface area (TPSA) is 77.7 Å². The molecule has 2 aromatic heterocycles. The maximum Gasteiger partial charge on any atom is 0.287 e. The Morgan fingerprint density at radius 3 is 2.67 bits per heavy atom. The van der Waals surface area contributed by atoms with Gasteiger partial charge in [-0.15, -0.1) is 0 Å². The maximum atomic E-state index is 12.2. The maximum absolute atomic E-state index is 12.2. The van der Waals surface area contributed by atoms with E-state index in [2.05, 4.69) is 30.0 Å². The Labute approximate surface area is 177 Å². The van der Waals surface area contributed by atoms with Gasteiger partial charge in [-0.2, -0.15) is 0 Å². The van der Waals surface area contributed by atoms with E-state index in [1.165, 1.54) is 25.6 Å². The predicted octanol–water partition coefficient (Wildman–Crippen LogP) is 1.33. The Kier molecular flexibility index (Phi) is 5.68. The van der Waals surface area contributed by atoms with Crippen LogP contribution in [-0.4, -0.2) is 84.1 Å². The first-order chi connectivity index (χ1) is 14.8. The number of piperidine rings is 3. The molecule has 6 rings (SSSR count). The third kappa shape index (κ3) is 4.20. The molecule has 4 saturated heterocycles. The fraction of sp³-hybridized carbons (Fsp3) is 0.591. The fourth-order valence-electron chi connectivity index (χ4n) is 5.29. The number of carbonyl (C=O) groups is 1. The van der Waals surface area contributed by atoms with E-state index < -0.39 is 0 Å². The van der Waals surface area contributed by atoms with Gasteiger partial charge in [0.2, 0.25) is 5.95 Å². The van der Waals surface area contributed by atoms with Crippen LogP contribution in [0, 0.1) is 11.8 Å². The van der Waals surface area contributed by atoms with Crippen LogP contribution in [0.3, 0.4) is 0 Å². The number of hydrogen-bond acceptors (Lipinski definition) is 7. The van der Waals surface area contributed by atoms with Crippen molar-refractivity contribution in [2.75, 3.05) is 57.3 Å². The van der Waals surface area contributed by atoms with Crippen molar-refractivity contribution in [3.8, 4) is 0 Å². The number of aromatic nitrogens is 2. The largest absolute Gasteiger partial charge is 0.459 e. The monoisotopic (exact) mass is 410 g/mol. The van der Waals surface area contributed by atoms with E-state index in [1.54, 1.807) is 12.1 Å². The number of nitrogens with one attached hydrogen (secondary N) is 1. The van der Waals surface area contributed by atoms with Crippen molar-refractivity contribution in [3.05, 3.63) is 42.6 Å². The molecule has 1 N–H and O–H groups in total. The average Bonchev–Trinajstić information content (AvgIpc) is 3.34. The van der Waals surface area contributed by atoms with Crippen LogP contribution in [0.1, 0.15) is 23.4 Å². The van der Waals surface area contributed by atoms with Gasteiger partial charge in [0.05, 0.1) is 6.26 Å². The van der Waals surface area contributed by atoms with Crippen molar-refractivity contribution in [2.45, 2.75) is 18.9 Å². The summed E-state index contributed by atoms with van der Waals surface area (Å²) >= 11 is 0. The van der Waals surface area contributed by atoms with Crippen molar-refractivity contribution in [2.24, 2.45) is 11.8 Å². The van der Waals surface area contributed by atoms with Crippen LogP contribution < -0.4 is 10.2 Å². The van der Waals surface area contributed by atoms with E-state index >= 15 is 0 Å². The summed E-state index contributed by atoms with van der Waals surface area (Å²) in [5, 5.41) is 3.05. The number of nitrogens with zero attached hydrogens (tertiary/aromatic N) is 5. The highest BCUT2D eigenvalue weighted by Crippen LogP contribution is 2.36. The third-order valence-electron chi connectivity index (χ3n) is 6.96. The zero-order valence-corrected chi connectivity index (χ0v) is 17.3. The first-order valence-corrected chi connectivity index (χ1v) is 11.1. The lowest BCUT2D eigenvalue weighted by atomic mass is 9.75. The highest BCUT2D eigenvalue weighted by atomic mass is 16.3. The van der Waals surface area contributed by atoms with Crippen molar-refractivity contribution in [1.29, 1.82) is 0 Å². The second-order valence-electron chi connectivity index (χ2n) is 8.72. The van der Waals surface area contributed by atoms with Crippen LogP contribution in [0.4, 0.5) is 5.95 Å². The molecule has 0 aromatic carbocycles. The van der Waals surface area contributed by atoms with E-state index in [9.17, 15) is 4.79 Å². The highest BCUT2D eigenvalue weighted by molar-refractivity contribution is 5.91. The normalized spacial score (nSPS) is 29.1. The molecule has 0 aliphatic carbocycles. The molecule has 4 atom stereocenters. The number of fused-ring (bicyclic) bond motifs is 3. The molecular formula is C22H30N6O2. The molecule has 6 heterocycles. The molecule has 0 spiro atoms. The Morgan fingerprint density at radius 2 is 1.97 bits per heavy atom. The molecule has 1 unspecified atom stereocenters. The lowest BCUT2D eigenvalue weighted by Gasteiger charge is -2.51. The quantitative estimate of drug-likeness (QED) is 0.770. The zero-order chi connectivity index (χ0) is 20.3. The van der Waals surface area contributed by atoms with E-state index in [-0.39, 0.29) is 5.91 Å². The number of anilines is 1. The minimum absolute atomic E-state index is 0.112. The first-order valence-electron chi connectivity index (χ1n) is 11.1. The summed E-state index contributed by atoms with van der Waals surface area (Å²) < 4.78 is 5.19. The van der Waals surface area contributed by atoms with Crippen LogP contribution >= 0.6 is 0 Å². The Morgan fingerprint density at radius 1 is 1.13 bits per heavy atom. The average molecular weight is 411 g/mol. The van der Waals surface area contributed by atoms with Gasteiger partial charge >= 0.3 is 0 Å². The van der Waals surface area contributed by atoms with Crippen molar-refractivity contribution in [1.82, 2.24) is 25.1 Å². The number of piperazine rings is 1. The van der Waals surface area contributed by atoms with Gasteiger partial charge in [-0.1, -0.05) is 0 Å². The molecule has 2 aromatic rings. The van der Waals surface area contributed by atoms with Crippen LogP contribution in [-0.2, 0) is 0 Å². The smallest absolute Gasteiger partial charge is 0.287 e. The van der Waals surface area contributed by atoms with E-state index in [1.807, 2.05) is 18.5 Å². The van der Waals surface area contributed by atoms with Gasteiger partial charge < -0.3 is 14.6 Å². The third-order valence-corrected chi connectivity index (χ3v) is 6.96. The number of hydrogen-bond donors (Lipinski definition) is 1. The summed E-state index contributed by atoms with van der Waals surface area (Å²) in [5.74, 6) is 2.62. The second kappa shape index (κ2) is 8.73. The fourth-order valence-corrected chi connectivity index (χ4v) is 5.29. The molecule has 8 nitrogen and oxygen atoms in total. The zero-order valence-electron chi connectivity index (χ0n) is 17.3. The Bertz CT molecular complexity index is 821. The number of carbonyl (C=O) groups excluding carboxylic acids is 1. The molecule has 8 heteroatoms. The van der Waals surface area contributed by atoms with Crippen LogP contribution in [0.15, 0.2) is 41.3 Å². The molecule has 4 aliphatic heterocycles. The summed E-state index contributed by atoms with van der Waals surface area (Å²) in [6, 6.07) is 5.77. The molecule has 2 bridgehead atoms. The molecule has 1 amide bonds. The molecular weight excluding hydrogens is 380 g/mol. The summed E-state index contributed by atoms with van der Waals surface area (Å²) in [6.45, 7) is 8.32. The predicted molar refractivity (Wildman–Crippen MR) is 113 cm³/mol. The first kappa shape index (κ1) is 19.5. The Hall–Kier alpha value is -2.45. The van der Waals surface area contributed by atoms with Gasteiger partial charge in [0.25, 0.3) is 5.91 Å². The van der Waals surface area contributed by atoms with Gasteiger partial charge in [-0.3, -0.25) is 14.6 Å². The lowest BCUT2D eigenvalue weighted by Crippen LogP contribution is -2.59. The molecule has 160 valence electrons. The van der Waals surface area contributed by atoms with Crippen molar-refractivity contribution >= 4 is 11.9 Å². The molecule has 0 radical (unpaired) electrons. The summed E-state index contributed by atoms with van der Waals surface area (Å²) in [5.41, 5.74) is 0. The summed E-state index contributed by atoms with van der Waals surface area (Å²) in [4.78, 5) is 28.4. The minimum atomic E-state index is -0.112. The van der Waals surface area contributed by atoms with Gasteiger partial charge in [0.15, 0.2) is 5.76 Å². The van der Waals surface area contributed by atoms with Gasteiger partial charge in [-0.25, -0.2) is 9.97 Å². The van der Waals surface area contributed by atoms with E-state index in [0.29, 0.717) is 18.3 Å². The van der Waals surface area contributed by atoms with E-state index in [4.69, 9.17) is 4.42 Å². The SMILES string of the molecule is O=C(NC[C@@H]1C[C@H]2CCN1C[C@@H]2CN1CCN(c2ncccn2)CC1)c1ccco1. The molecule has 4 aliphatic rings. The summed E-state index contributed by atoms with van der Waals surface area (Å²) in [6.07, 6.45) is 7.63. The van der Waals surface area contributed by atoms with E-state index in [0.717, 1.165) is 57.1 Å². The molecule has 30 heavy (non-hydrogen) atoms. The second-order valence-corrected chi connectivity index (χ2v) is 8.72. The number of rotatable bonds is 6. The minimum Gasteiger partial charge on any atom is -0.459 e. The molecule has 0 saturated carbocycles. The van der Waals surface area contributed by atoms with Gasteiger partial charge in [-0.05, 0) is 49.4 Å². The highest BCUT2D eigenvalue weighted by Gasteiger charge is 2.40. The lowest BCUT2D eigenvalue weighted by molar-refractivity contribution is -0.0121. The summed E-state index contributed by atoms with van der Waals surface area (Å²) in [7, 11) is 0. The van der Waals surface area contributed by atoms with Crippen LogP contribution in [0.5, 0.6) is 0 Å². The van der Waals surface area contributed by atoms with Crippen molar-refractivity contribution in [3.63, 3.8) is 0 Å². The Balaban J connectivity index is 1.09. The number of amides is 1. The van der Waals surface area contributed by atoms with Crippen molar-refractivity contribution < 1.29 is 9.21 Å². The standard InChI is InChI=1S/C22H30N6O2/c29-21(20-3-1-12-30-20)25-14-19-13-17-4-7-28(19)16-18(17)15-26-8-10-27(11-9-26)22-23-5-2-6-24-22/h1-3,5-6,12,17-19H,4,7-11,13-16H2,(H,25,29)/t17-,18+,19+/m1/s1. The van der Waals surface area contributed by atoms with Crippen LogP contribution in [0.25, 0.3) is 0 Å².